The van der Waals surface area contributed by atoms with Crippen molar-refractivity contribution in [2.24, 2.45) is 0 Å². The van der Waals surface area contributed by atoms with Crippen molar-refractivity contribution in [3.05, 3.63) is 88.9 Å². The molecule has 0 aliphatic carbocycles. The molecule has 0 unspecified atom stereocenters. The molecule has 31 heavy (non-hydrogen) atoms. The third-order valence-corrected chi connectivity index (χ3v) is 6.25. The molecule has 2 aromatic carbocycles. The van der Waals surface area contributed by atoms with Crippen molar-refractivity contribution in [2.45, 2.75) is 13.5 Å². The average molecular weight is 431 g/mol. The molecular weight excluding hydrogens is 413 g/mol. The Hall–Kier alpha value is -3.78. The fourth-order valence-electron chi connectivity index (χ4n) is 3.37. The topological polar surface area (TPSA) is 75.1 Å². The van der Waals surface area contributed by atoms with Gasteiger partial charge in [-0.2, -0.15) is 5.10 Å². The van der Waals surface area contributed by atoms with E-state index in [1.165, 1.54) is 23.5 Å². The van der Waals surface area contributed by atoms with Gasteiger partial charge in [-0.25, -0.2) is 9.37 Å². The minimum absolute atomic E-state index is 0.216. The molecule has 154 valence electrons. The minimum atomic E-state index is -0.271. The van der Waals surface area contributed by atoms with Crippen LogP contribution in [0.25, 0.3) is 27.5 Å². The standard InChI is InChI=1S/C23H18FN5OS/c1-14-21(31-23-26-20(13-29(14)23)16-7-9-17(24)10-8-16)12-25-22(30)19-11-18(27-28-19)15-5-3-2-4-6-15/h2-11,13H,12H2,1H3,(H,25,30)(H,27,28). The number of thiazole rings is 1. The first kappa shape index (κ1) is 19.2. The predicted octanol–water partition coefficient (Wildman–Crippen LogP) is 4.83. The van der Waals surface area contributed by atoms with Crippen LogP contribution in [0.2, 0.25) is 0 Å². The summed E-state index contributed by atoms with van der Waals surface area (Å²) < 4.78 is 15.2. The van der Waals surface area contributed by atoms with Gasteiger partial charge >= 0.3 is 0 Å². The molecule has 8 heteroatoms. The summed E-state index contributed by atoms with van der Waals surface area (Å²) in [5, 5.41) is 9.97. The maximum Gasteiger partial charge on any atom is 0.269 e. The van der Waals surface area contributed by atoms with Crippen molar-refractivity contribution in [2.75, 3.05) is 0 Å². The Bertz CT molecular complexity index is 1370. The largest absolute Gasteiger partial charge is 0.346 e. The van der Waals surface area contributed by atoms with Crippen LogP contribution in [0.15, 0.2) is 66.9 Å². The molecule has 3 aromatic heterocycles. The molecule has 5 rings (SSSR count). The van der Waals surface area contributed by atoms with E-state index in [0.29, 0.717) is 12.2 Å². The Kier molecular flexibility index (Phi) is 4.83. The fraction of sp³-hybridized carbons (Fsp3) is 0.0870. The van der Waals surface area contributed by atoms with Gasteiger partial charge in [0, 0.05) is 27.9 Å². The van der Waals surface area contributed by atoms with Gasteiger partial charge in [-0.05, 0) is 37.3 Å². The molecule has 0 atom stereocenters. The molecule has 3 heterocycles. The number of hydrogen-bond donors (Lipinski definition) is 2. The number of amides is 1. The zero-order valence-corrected chi connectivity index (χ0v) is 17.4. The van der Waals surface area contributed by atoms with Gasteiger partial charge in [0.05, 0.1) is 17.9 Å². The molecule has 6 nitrogen and oxygen atoms in total. The minimum Gasteiger partial charge on any atom is -0.346 e. The molecule has 0 fully saturated rings. The SMILES string of the molecule is Cc1c(CNC(=O)c2cc(-c3ccccc3)n[nH]2)sc2nc(-c3ccc(F)cc3)cn12. The van der Waals surface area contributed by atoms with Crippen molar-refractivity contribution < 1.29 is 9.18 Å². The number of nitrogens with zero attached hydrogens (tertiary/aromatic N) is 3. The maximum atomic E-state index is 13.2. The Morgan fingerprint density at radius 2 is 1.84 bits per heavy atom. The zero-order chi connectivity index (χ0) is 21.4. The summed E-state index contributed by atoms with van der Waals surface area (Å²) in [6.07, 6.45) is 1.93. The summed E-state index contributed by atoms with van der Waals surface area (Å²) in [6, 6.07) is 17.7. The second kappa shape index (κ2) is 7.81. The number of benzene rings is 2. The second-order valence-corrected chi connectivity index (χ2v) is 8.17. The van der Waals surface area contributed by atoms with Gasteiger partial charge in [0.1, 0.15) is 11.5 Å². The van der Waals surface area contributed by atoms with Gasteiger partial charge in [0.2, 0.25) is 0 Å². The molecular formula is C23H18FN5OS. The molecule has 5 aromatic rings. The van der Waals surface area contributed by atoms with E-state index < -0.39 is 0 Å². The van der Waals surface area contributed by atoms with E-state index in [9.17, 15) is 9.18 Å². The highest BCUT2D eigenvalue weighted by Gasteiger charge is 2.15. The molecule has 2 N–H and O–H groups in total. The van der Waals surface area contributed by atoms with Crippen LogP contribution in [-0.2, 0) is 6.54 Å². The first-order valence-electron chi connectivity index (χ1n) is 9.71. The van der Waals surface area contributed by atoms with Crippen molar-refractivity contribution in [1.29, 1.82) is 0 Å². The Labute approximate surface area is 181 Å². The molecule has 0 spiro atoms. The predicted molar refractivity (Wildman–Crippen MR) is 118 cm³/mol. The van der Waals surface area contributed by atoms with Crippen LogP contribution in [0.4, 0.5) is 4.39 Å². The Balaban J connectivity index is 1.30. The number of hydrogen-bond acceptors (Lipinski definition) is 4. The van der Waals surface area contributed by atoms with E-state index in [1.54, 1.807) is 18.2 Å². The fourth-order valence-corrected chi connectivity index (χ4v) is 4.41. The lowest BCUT2D eigenvalue weighted by molar-refractivity contribution is 0.0946. The second-order valence-electron chi connectivity index (χ2n) is 7.11. The number of nitrogens with one attached hydrogen (secondary N) is 2. The van der Waals surface area contributed by atoms with Crippen molar-refractivity contribution in [1.82, 2.24) is 24.9 Å². The number of aromatic nitrogens is 4. The number of carbonyl (C=O) groups is 1. The molecule has 0 aliphatic rings. The molecule has 0 aliphatic heterocycles. The van der Waals surface area contributed by atoms with Crippen LogP contribution in [0.3, 0.4) is 0 Å². The summed E-state index contributed by atoms with van der Waals surface area (Å²) in [6.45, 7) is 2.38. The van der Waals surface area contributed by atoms with Crippen molar-refractivity contribution in [3.8, 4) is 22.5 Å². The van der Waals surface area contributed by atoms with Crippen molar-refractivity contribution >= 4 is 22.2 Å². The number of aromatic amines is 1. The third-order valence-electron chi connectivity index (χ3n) is 5.09. The van der Waals surface area contributed by atoms with E-state index in [0.717, 1.165) is 38.0 Å². The van der Waals surface area contributed by atoms with Gasteiger partial charge in [-0.3, -0.25) is 14.3 Å². The number of rotatable bonds is 5. The van der Waals surface area contributed by atoms with Crippen molar-refractivity contribution in [3.63, 3.8) is 0 Å². The normalized spacial score (nSPS) is 11.2. The number of halogens is 1. The molecule has 1 amide bonds. The van der Waals surface area contributed by atoms with E-state index >= 15 is 0 Å². The quantitative estimate of drug-likeness (QED) is 0.419. The van der Waals surface area contributed by atoms with Gasteiger partial charge < -0.3 is 5.32 Å². The average Bonchev–Trinajstić information content (AvgIpc) is 3.50. The number of H-pyrrole nitrogens is 1. The monoisotopic (exact) mass is 431 g/mol. The van der Waals surface area contributed by atoms with Gasteiger partial charge in [-0.15, -0.1) is 0 Å². The first-order chi connectivity index (χ1) is 15.1. The van der Waals surface area contributed by atoms with Crippen LogP contribution in [0.5, 0.6) is 0 Å². The maximum absolute atomic E-state index is 13.2. The zero-order valence-electron chi connectivity index (χ0n) is 16.6. The van der Waals surface area contributed by atoms with Gasteiger partial charge in [0.25, 0.3) is 5.91 Å². The van der Waals surface area contributed by atoms with Crippen LogP contribution < -0.4 is 5.32 Å². The number of carbonyl (C=O) groups excluding carboxylic acids is 1. The van der Waals surface area contributed by atoms with E-state index in [2.05, 4.69) is 20.5 Å². The van der Waals surface area contributed by atoms with Crippen LogP contribution in [-0.4, -0.2) is 25.5 Å². The molecule has 0 radical (unpaired) electrons. The summed E-state index contributed by atoms with van der Waals surface area (Å²) in [5.41, 5.74) is 4.75. The smallest absolute Gasteiger partial charge is 0.269 e. The number of imidazole rings is 1. The van der Waals surface area contributed by atoms with Crippen LogP contribution in [0, 0.1) is 12.7 Å². The highest BCUT2D eigenvalue weighted by molar-refractivity contribution is 7.17. The molecule has 0 bridgehead atoms. The summed E-state index contributed by atoms with van der Waals surface area (Å²) in [7, 11) is 0. The van der Waals surface area contributed by atoms with Gasteiger partial charge in [0.15, 0.2) is 4.96 Å². The molecule has 0 saturated carbocycles. The third kappa shape index (κ3) is 3.73. The van der Waals surface area contributed by atoms with Crippen LogP contribution >= 0.6 is 11.3 Å². The highest BCUT2D eigenvalue weighted by Crippen LogP contribution is 2.27. The first-order valence-corrected chi connectivity index (χ1v) is 10.5. The summed E-state index contributed by atoms with van der Waals surface area (Å²) in [4.78, 5) is 19.1. The summed E-state index contributed by atoms with van der Waals surface area (Å²) >= 11 is 1.52. The van der Waals surface area contributed by atoms with E-state index in [4.69, 9.17) is 0 Å². The Morgan fingerprint density at radius 1 is 1.10 bits per heavy atom. The summed E-state index contributed by atoms with van der Waals surface area (Å²) in [5.74, 6) is -0.487. The van der Waals surface area contributed by atoms with Gasteiger partial charge in [-0.1, -0.05) is 41.7 Å². The van der Waals surface area contributed by atoms with E-state index in [-0.39, 0.29) is 11.7 Å². The lowest BCUT2D eigenvalue weighted by Gasteiger charge is -2.02. The number of fused-ring (bicyclic) bond motifs is 1. The van der Waals surface area contributed by atoms with E-state index in [1.807, 2.05) is 47.9 Å². The highest BCUT2D eigenvalue weighted by atomic mass is 32.1. The number of aryl methyl sites for hydroxylation is 1. The molecule has 0 saturated heterocycles. The van der Waals surface area contributed by atoms with Crippen LogP contribution in [0.1, 0.15) is 21.1 Å². The lowest BCUT2D eigenvalue weighted by Crippen LogP contribution is -2.23. The lowest BCUT2D eigenvalue weighted by atomic mass is 10.1. The Morgan fingerprint density at radius 3 is 2.58 bits per heavy atom.